The van der Waals surface area contributed by atoms with Gasteiger partial charge in [-0.1, -0.05) is 67.3 Å². The number of carbonyl (C=O) groups is 1. The van der Waals surface area contributed by atoms with E-state index in [2.05, 4.69) is 0 Å². The van der Waals surface area contributed by atoms with Crippen molar-refractivity contribution in [1.29, 1.82) is 0 Å². The van der Waals surface area contributed by atoms with Crippen molar-refractivity contribution in [2.45, 2.75) is 61.3 Å². The molecule has 3 aromatic rings. The van der Waals surface area contributed by atoms with Gasteiger partial charge in [0, 0.05) is 29.7 Å². The molecule has 4 N–H and O–H groups in total. The third kappa shape index (κ3) is 7.20. The summed E-state index contributed by atoms with van der Waals surface area (Å²) in [5.74, 6) is -6.40. The summed E-state index contributed by atoms with van der Waals surface area (Å²) in [6.45, 7) is 0.643. The van der Waals surface area contributed by atoms with E-state index in [-0.39, 0.29) is 24.9 Å². The third-order valence-corrected chi connectivity index (χ3v) is 9.64. The molecule has 1 amide bonds. The number of amides is 1. The van der Waals surface area contributed by atoms with Crippen molar-refractivity contribution in [2.24, 2.45) is 16.8 Å². The van der Waals surface area contributed by atoms with Gasteiger partial charge in [0.1, 0.15) is 11.7 Å². The largest absolute Gasteiger partial charge is 0.493 e. The van der Waals surface area contributed by atoms with Gasteiger partial charge < -0.3 is 15.4 Å². The van der Waals surface area contributed by atoms with Crippen LogP contribution in [0.15, 0.2) is 71.6 Å². The summed E-state index contributed by atoms with van der Waals surface area (Å²) in [7, 11) is -4.48. The molecular formula is C32H36ClF2N3O4S. The Balaban J connectivity index is 1.56. The van der Waals surface area contributed by atoms with Gasteiger partial charge in [-0.25, -0.2) is 22.3 Å². The molecule has 0 unspecified atom stereocenters. The Morgan fingerprint density at radius 2 is 1.60 bits per heavy atom. The molecule has 2 atom stereocenters. The molecule has 2 aliphatic rings. The summed E-state index contributed by atoms with van der Waals surface area (Å²) >= 11 is 5.98. The van der Waals surface area contributed by atoms with Crippen LogP contribution in [0, 0.1) is 5.92 Å². The van der Waals surface area contributed by atoms with Gasteiger partial charge in [-0.3, -0.25) is 4.79 Å². The second-order valence-corrected chi connectivity index (χ2v) is 13.5. The SMILES string of the molecule is N[C@H]1CCN(C(=O)[C@@H](c2cc(OCC3CCCCC3)ccc2S(N)(=O)=O)C(F)(F)c2ccc(-c3ccc(Cl)cc3)cc2)C1. The van der Waals surface area contributed by atoms with Crippen molar-refractivity contribution in [3.05, 3.63) is 82.9 Å². The fourth-order valence-corrected chi connectivity index (χ4v) is 6.91. The number of carbonyl (C=O) groups excluding carboxylic acids is 1. The Hall–Kier alpha value is -3.05. The fourth-order valence-electron chi connectivity index (χ4n) is 6.02. The molecular weight excluding hydrogens is 596 g/mol. The zero-order chi connectivity index (χ0) is 30.8. The minimum atomic E-state index is -4.48. The van der Waals surface area contributed by atoms with Crippen LogP contribution in [0.3, 0.4) is 0 Å². The molecule has 1 aliphatic carbocycles. The highest BCUT2D eigenvalue weighted by molar-refractivity contribution is 7.89. The minimum absolute atomic E-state index is 0.0868. The molecule has 0 spiro atoms. The van der Waals surface area contributed by atoms with Gasteiger partial charge in [-0.2, -0.15) is 0 Å². The molecule has 230 valence electrons. The lowest BCUT2D eigenvalue weighted by Gasteiger charge is -2.31. The van der Waals surface area contributed by atoms with Crippen molar-refractivity contribution in [3.63, 3.8) is 0 Å². The third-order valence-electron chi connectivity index (χ3n) is 8.40. The Morgan fingerprint density at radius 3 is 2.19 bits per heavy atom. The number of ether oxygens (including phenoxy) is 1. The molecule has 2 fully saturated rings. The first-order chi connectivity index (χ1) is 20.4. The van der Waals surface area contributed by atoms with E-state index in [9.17, 15) is 13.2 Å². The maximum Gasteiger partial charge on any atom is 0.288 e. The van der Waals surface area contributed by atoms with Crippen molar-refractivity contribution in [2.75, 3.05) is 19.7 Å². The van der Waals surface area contributed by atoms with Gasteiger partial charge >= 0.3 is 0 Å². The van der Waals surface area contributed by atoms with Gasteiger partial charge in [-0.15, -0.1) is 0 Å². The molecule has 43 heavy (non-hydrogen) atoms. The number of rotatable bonds is 9. The number of sulfonamides is 1. The highest BCUT2D eigenvalue weighted by Gasteiger charge is 2.50. The van der Waals surface area contributed by atoms with E-state index < -0.39 is 43.8 Å². The molecule has 7 nitrogen and oxygen atoms in total. The molecule has 11 heteroatoms. The Kier molecular flexibility index (Phi) is 9.41. The average Bonchev–Trinajstić information content (AvgIpc) is 3.43. The molecule has 1 aliphatic heterocycles. The first kappa shape index (κ1) is 31.4. The van der Waals surface area contributed by atoms with Gasteiger partial charge in [0.25, 0.3) is 5.92 Å². The van der Waals surface area contributed by atoms with Crippen LogP contribution in [0.1, 0.15) is 55.6 Å². The summed E-state index contributed by atoms with van der Waals surface area (Å²) in [6, 6.07) is 15.9. The first-order valence-electron chi connectivity index (χ1n) is 14.5. The number of nitrogens with zero attached hydrogens (tertiary/aromatic N) is 1. The van der Waals surface area contributed by atoms with E-state index in [1.807, 2.05) is 0 Å². The molecule has 1 saturated carbocycles. The van der Waals surface area contributed by atoms with Crippen LogP contribution in [0.4, 0.5) is 8.78 Å². The number of benzene rings is 3. The second-order valence-electron chi connectivity index (χ2n) is 11.5. The van der Waals surface area contributed by atoms with Crippen LogP contribution >= 0.6 is 11.6 Å². The van der Waals surface area contributed by atoms with Crippen molar-refractivity contribution in [3.8, 4) is 16.9 Å². The number of alkyl halides is 2. The summed E-state index contributed by atoms with van der Waals surface area (Å²) in [6.07, 6.45) is 5.82. The molecule has 1 heterocycles. The lowest BCUT2D eigenvalue weighted by atomic mass is 9.86. The smallest absolute Gasteiger partial charge is 0.288 e. The van der Waals surface area contributed by atoms with Crippen molar-refractivity contribution in [1.82, 2.24) is 4.90 Å². The zero-order valence-electron chi connectivity index (χ0n) is 23.7. The number of hydrogen-bond acceptors (Lipinski definition) is 5. The maximum atomic E-state index is 16.7. The second kappa shape index (κ2) is 12.9. The number of primary sulfonamides is 1. The monoisotopic (exact) mass is 631 g/mol. The van der Waals surface area contributed by atoms with Gasteiger partial charge in [0.2, 0.25) is 15.9 Å². The molecule has 0 aromatic heterocycles. The standard InChI is InChI=1S/C32H36ClF2N3O4S/c33-25-12-8-23(9-13-25)22-6-10-24(11-7-22)32(34,35)30(31(39)38-17-16-26(36)19-38)28-18-27(14-15-29(28)43(37,40)41)42-20-21-4-2-1-3-5-21/h6-15,18,21,26,30H,1-5,16-17,19-20,36H2,(H2,37,40,41)/t26-,30+/m0/s1. The molecule has 1 saturated heterocycles. The number of nitrogens with two attached hydrogens (primary N) is 2. The molecule has 3 aromatic carbocycles. The van der Waals surface area contributed by atoms with E-state index in [0.29, 0.717) is 29.5 Å². The Morgan fingerprint density at radius 1 is 0.977 bits per heavy atom. The summed E-state index contributed by atoms with van der Waals surface area (Å²) in [4.78, 5) is 14.7. The summed E-state index contributed by atoms with van der Waals surface area (Å²) in [5.41, 5.74) is 6.62. The average molecular weight is 632 g/mol. The van der Waals surface area contributed by atoms with E-state index in [1.165, 1.54) is 47.7 Å². The van der Waals surface area contributed by atoms with E-state index in [4.69, 9.17) is 27.2 Å². The highest BCUT2D eigenvalue weighted by Crippen LogP contribution is 2.46. The fraction of sp³-hybridized carbons (Fsp3) is 0.406. The van der Waals surface area contributed by atoms with Gasteiger partial charge in [0.05, 0.1) is 11.5 Å². The van der Waals surface area contributed by atoms with Gasteiger partial charge in [-0.05, 0) is 72.2 Å². The Bertz CT molecular complexity index is 1550. The maximum absolute atomic E-state index is 16.7. The summed E-state index contributed by atoms with van der Waals surface area (Å²) in [5, 5.41) is 6.07. The van der Waals surface area contributed by atoms with Crippen LogP contribution in [0.5, 0.6) is 5.75 Å². The first-order valence-corrected chi connectivity index (χ1v) is 16.4. The highest BCUT2D eigenvalue weighted by atomic mass is 35.5. The van der Waals surface area contributed by atoms with Crippen molar-refractivity contribution >= 4 is 27.5 Å². The lowest BCUT2D eigenvalue weighted by Crippen LogP contribution is -2.42. The van der Waals surface area contributed by atoms with E-state index in [1.54, 1.807) is 24.3 Å². The predicted octanol–water partition coefficient (Wildman–Crippen LogP) is 6.05. The summed E-state index contributed by atoms with van der Waals surface area (Å²) < 4.78 is 64.8. The predicted molar refractivity (Wildman–Crippen MR) is 163 cm³/mol. The quantitative estimate of drug-likeness (QED) is 0.298. The number of halogens is 3. The van der Waals surface area contributed by atoms with Gasteiger partial charge in [0.15, 0.2) is 0 Å². The molecule has 0 radical (unpaired) electrons. The van der Waals surface area contributed by atoms with Crippen LogP contribution in [0.25, 0.3) is 11.1 Å². The van der Waals surface area contributed by atoms with Crippen LogP contribution < -0.4 is 15.6 Å². The molecule has 5 rings (SSSR count). The topological polar surface area (TPSA) is 116 Å². The van der Waals surface area contributed by atoms with Crippen molar-refractivity contribution < 1.29 is 26.7 Å². The van der Waals surface area contributed by atoms with Crippen LogP contribution in [-0.2, 0) is 20.7 Å². The normalized spacial score (nSPS) is 18.9. The Labute approximate surface area is 256 Å². The van der Waals surface area contributed by atoms with Crippen LogP contribution in [0.2, 0.25) is 5.02 Å². The number of hydrogen-bond donors (Lipinski definition) is 2. The molecule has 0 bridgehead atoms. The lowest BCUT2D eigenvalue weighted by molar-refractivity contribution is -0.143. The number of likely N-dealkylation sites (tertiary alicyclic amines) is 1. The minimum Gasteiger partial charge on any atom is -0.493 e. The van der Waals surface area contributed by atoms with Crippen LogP contribution in [-0.4, -0.2) is 45.0 Å². The van der Waals surface area contributed by atoms with E-state index in [0.717, 1.165) is 37.3 Å². The van der Waals surface area contributed by atoms with E-state index >= 15 is 8.78 Å². The zero-order valence-corrected chi connectivity index (χ0v) is 25.3.